The van der Waals surface area contributed by atoms with Crippen LogP contribution in [0.1, 0.15) is 53.7 Å². The van der Waals surface area contributed by atoms with E-state index in [4.69, 9.17) is 0 Å². The Kier molecular flexibility index (Phi) is 3.41. The fourth-order valence-corrected chi connectivity index (χ4v) is 3.60. The molecule has 1 aliphatic rings. The first-order chi connectivity index (χ1) is 7.89. The molecule has 17 heavy (non-hydrogen) atoms. The number of Topliss-reactive ketones (excluding diaryl/α,β-unsaturated/α-hetero) is 1. The Balaban J connectivity index is 2.34. The Labute approximate surface area is 107 Å². The molecule has 0 saturated carbocycles. The first kappa shape index (κ1) is 12.8. The standard InChI is InChI=1S/C14H21NOS/c1-9-8-15-6-5-11-10(9)7-12(17-11)13(16)14(2,3)4/h7,9,15H,5-6,8H2,1-4H3/t9-/m1/s1. The molecule has 0 bridgehead atoms. The summed E-state index contributed by atoms with van der Waals surface area (Å²) in [5.74, 6) is 0.793. The molecule has 1 aromatic heterocycles. The molecule has 1 aromatic rings. The van der Waals surface area contributed by atoms with Gasteiger partial charge in [0.2, 0.25) is 0 Å². The zero-order chi connectivity index (χ0) is 12.6. The summed E-state index contributed by atoms with van der Waals surface area (Å²) >= 11 is 1.70. The van der Waals surface area contributed by atoms with Crippen molar-refractivity contribution in [3.8, 4) is 0 Å². The topological polar surface area (TPSA) is 29.1 Å². The molecule has 0 amide bonds. The zero-order valence-electron chi connectivity index (χ0n) is 11.1. The zero-order valence-corrected chi connectivity index (χ0v) is 11.9. The molecule has 2 heterocycles. The second-order valence-corrected chi connectivity index (χ2v) is 7.06. The van der Waals surface area contributed by atoms with Gasteiger partial charge in [0.1, 0.15) is 0 Å². The summed E-state index contributed by atoms with van der Waals surface area (Å²) in [7, 11) is 0. The number of hydrogen-bond donors (Lipinski definition) is 1. The van der Waals surface area contributed by atoms with Crippen molar-refractivity contribution >= 4 is 17.1 Å². The number of hydrogen-bond acceptors (Lipinski definition) is 3. The van der Waals surface area contributed by atoms with Crippen molar-refractivity contribution in [2.75, 3.05) is 13.1 Å². The molecular formula is C14H21NOS. The van der Waals surface area contributed by atoms with E-state index < -0.39 is 0 Å². The molecule has 1 N–H and O–H groups in total. The minimum atomic E-state index is -0.273. The van der Waals surface area contributed by atoms with E-state index in [2.05, 4.69) is 18.3 Å². The molecule has 94 valence electrons. The van der Waals surface area contributed by atoms with E-state index >= 15 is 0 Å². The van der Waals surface area contributed by atoms with Crippen LogP contribution in [0.5, 0.6) is 0 Å². The summed E-state index contributed by atoms with van der Waals surface area (Å²) in [6.07, 6.45) is 1.06. The van der Waals surface area contributed by atoms with Crippen molar-refractivity contribution in [2.45, 2.75) is 40.0 Å². The van der Waals surface area contributed by atoms with Crippen molar-refractivity contribution in [3.63, 3.8) is 0 Å². The van der Waals surface area contributed by atoms with Crippen LogP contribution < -0.4 is 5.32 Å². The largest absolute Gasteiger partial charge is 0.316 e. The molecule has 0 aromatic carbocycles. The fraction of sp³-hybridized carbons (Fsp3) is 0.643. The normalized spacial score (nSPS) is 20.8. The smallest absolute Gasteiger partial charge is 0.178 e. The maximum atomic E-state index is 12.3. The number of fused-ring (bicyclic) bond motifs is 1. The maximum absolute atomic E-state index is 12.3. The highest BCUT2D eigenvalue weighted by Gasteiger charge is 2.27. The molecule has 1 atom stereocenters. The Morgan fingerprint density at radius 2 is 2.18 bits per heavy atom. The molecule has 0 aliphatic carbocycles. The van der Waals surface area contributed by atoms with Gasteiger partial charge >= 0.3 is 0 Å². The van der Waals surface area contributed by atoms with Gasteiger partial charge in [0.25, 0.3) is 0 Å². The van der Waals surface area contributed by atoms with Crippen LogP contribution >= 0.6 is 11.3 Å². The molecule has 2 rings (SSSR count). The van der Waals surface area contributed by atoms with Crippen LogP contribution in [0.15, 0.2) is 6.07 Å². The van der Waals surface area contributed by atoms with Crippen molar-refractivity contribution in [2.24, 2.45) is 5.41 Å². The third-order valence-corrected chi connectivity index (χ3v) is 4.47. The van der Waals surface area contributed by atoms with Gasteiger partial charge in [-0.25, -0.2) is 0 Å². The van der Waals surface area contributed by atoms with Crippen molar-refractivity contribution in [3.05, 3.63) is 21.4 Å². The van der Waals surface area contributed by atoms with Crippen LogP contribution in [-0.2, 0) is 6.42 Å². The van der Waals surface area contributed by atoms with Crippen molar-refractivity contribution in [1.29, 1.82) is 0 Å². The summed E-state index contributed by atoms with van der Waals surface area (Å²) in [4.78, 5) is 14.6. The second kappa shape index (κ2) is 4.54. The average Bonchev–Trinajstić information content (AvgIpc) is 2.58. The van der Waals surface area contributed by atoms with E-state index in [9.17, 15) is 4.79 Å². The first-order valence-electron chi connectivity index (χ1n) is 6.27. The van der Waals surface area contributed by atoms with Gasteiger partial charge in [-0.15, -0.1) is 11.3 Å². The molecule has 0 radical (unpaired) electrons. The van der Waals surface area contributed by atoms with Crippen LogP contribution in [0.3, 0.4) is 0 Å². The fourth-order valence-electron chi connectivity index (χ4n) is 2.17. The van der Waals surface area contributed by atoms with Gasteiger partial charge in [-0.2, -0.15) is 0 Å². The number of thiophene rings is 1. The summed E-state index contributed by atoms with van der Waals surface area (Å²) in [6.45, 7) is 10.3. The SMILES string of the molecule is C[C@@H]1CNCCc2sc(C(=O)C(C)(C)C)cc21. The minimum Gasteiger partial charge on any atom is -0.316 e. The molecule has 1 aliphatic heterocycles. The number of ketones is 1. The highest BCUT2D eigenvalue weighted by atomic mass is 32.1. The Morgan fingerprint density at radius 1 is 1.47 bits per heavy atom. The van der Waals surface area contributed by atoms with Gasteiger partial charge < -0.3 is 5.32 Å². The highest BCUT2D eigenvalue weighted by Crippen LogP contribution is 2.33. The lowest BCUT2D eigenvalue weighted by molar-refractivity contribution is 0.0862. The molecule has 2 nitrogen and oxygen atoms in total. The Hall–Kier alpha value is -0.670. The van der Waals surface area contributed by atoms with Gasteiger partial charge in [-0.05, 0) is 30.5 Å². The van der Waals surface area contributed by atoms with E-state index in [1.165, 1.54) is 10.4 Å². The lowest BCUT2D eigenvalue weighted by Gasteiger charge is -2.14. The van der Waals surface area contributed by atoms with Crippen LogP contribution in [0.25, 0.3) is 0 Å². The van der Waals surface area contributed by atoms with Crippen LogP contribution in [0.2, 0.25) is 0 Å². The molecular weight excluding hydrogens is 230 g/mol. The van der Waals surface area contributed by atoms with Gasteiger partial charge in [-0.3, -0.25) is 4.79 Å². The third-order valence-electron chi connectivity index (χ3n) is 3.26. The van der Waals surface area contributed by atoms with Gasteiger partial charge in [-0.1, -0.05) is 27.7 Å². The number of rotatable bonds is 1. The van der Waals surface area contributed by atoms with E-state index in [0.717, 1.165) is 24.4 Å². The van der Waals surface area contributed by atoms with Crippen LogP contribution in [0, 0.1) is 5.41 Å². The number of carbonyl (C=O) groups is 1. The van der Waals surface area contributed by atoms with E-state index in [-0.39, 0.29) is 11.2 Å². The summed E-state index contributed by atoms with van der Waals surface area (Å²) in [5, 5.41) is 3.43. The first-order valence-corrected chi connectivity index (χ1v) is 7.09. The lowest BCUT2D eigenvalue weighted by Crippen LogP contribution is -2.20. The molecule has 0 spiro atoms. The van der Waals surface area contributed by atoms with Gasteiger partial charge in [0, 0.05) is 16.8 Å². The summed E-state index contributed by atoms with van der Waals surface area (Å²) < 4.78 is 0. The Bertz CT molecular complexity index is 428. The summed E-state index contributed by atoms with van der Waals surface area (Å²) in [6, 6.07) is 2.13. The van der Waals surface area contributed by atoms with E-state index in [1.807, 2.05) is 20.8 Å². The predicted molar refractivity (Wildman–Crippen MR) is 73.1 cm³/mol. The third kappa shape index (κ3) is 2.61. The quantitative estimate of drug-likeness (QED) is 0.776. The summed E-state index contributed by atoms with van der Waals surface area (Å²) in [5.41, 5.74) is 1.11. The molecule has 0 unspecified atom stereocenters. The second-order valence-electron chi connectivity index (χ2n) is 5.92. The van der Waals surface area contributed by atoms with Gasteiger partial charge in [0.05, 0.1) is 4.88 Å². The van der Waals surface area contributed by atoms with E-state index in [1.54, 1.807) is 11.3 Å². The minimum absolute atomic E-state index is 0.273. The highest BCUT2D eigenvalue weighted by molar-refractivity contribution is 7.14. The lowest BCUT2D eigenvalue weighted by atomic mass is 9.89. The van der Waals surface area contributed by atoms with Crippen LogP contribution in [0.4, 0.5) is 0 Å². The van der Waals surface area contributed by atoms with Crippen molar-refractivity contribution in [1.82, 2.24) is 5.32 Å². The predicted octanol–water partition coefficient (Wildman–Crippen LogP) is 3.23. The number of carbonyl (C=O) groups excluding carboxylic acids is 1. The number of nitrogens with one attached hydrogen (secondary N) is 1. The molecule has 3 heteroatoms. The molecule has 0 saturated heterocycles. The monoisotopic (exact) mass is 251 g/mol. The Morgan fingerprint density at radius 3 is 2.82 bits per heavy atom. The average molecular weight is 251 g/mol. The maximum Gasteiger partial charge on any atom is 0.178 e. The van der Waals surface area contributed by atoms with Crippen LogP contribution in [-0.4, -0.2) is 18.9 Å². The molecule has 0 fully saturated rings. The van der Waals surface area contributed by atoms with Gasteiger partial charge in [0.15, 0.2) is 5.78 Å². The van der Waals surface area contributed by atoms with Crippen molar-refractivity contribution < 1.29 is 4.79 Å². The van der Waals surface area contributed by atoms with E-state index in [0.29, 0.717) is 5.92 Å².